The summed E-state index contributed by atoms with van der Waals surface area (Å²) in [7, 11) is 0. The van der Waals surface area contributed by atoms with Crippen LogP contribution in [0.4, 0.5) is 0 Å². The predicted molar refractivity (Wildman–Crippen MR) is 133 cm³/mol. The highest BCUT2D eigenvalue weighted by atomic mass is 16.5. The fourth-order valence-corrected chi connectivity index (χ4v) is 10.5. The lowest BCUT2D eigenvalue weighted by atomic mass is 9.43. The van der Waals surface area contributed by atoms with Gasteiger partial charge in [0.2, 0.25) is 0 Å². The number of ether oxygens (including phenoxy) is 2. The van der Waals surface area contributed by atoms with Crippen LogP contribution in [0.25, 0.3) is 0 Å². The molecule has 5 unspecified atom stereocenters. The predicted octanol–water partition coefficient (Wildman–Crippen LogP) is 6.26. The first-order valence-electron chi connectivity index (χ1n) is 14.6. The Morgan fingerprint density at radius 3 is 2.76 bits per heavy atom. The van der Waals surface area contributed by atoms with Gasteiger partial charge in [0.15, 0.2) is 0 Å². The molecule has 1 aromatic rings. The zero-order valence-electron chi connectivity index (χ0n) is 21.4. The minimum Gasteiger partial charge on any atom is -0.472 e. The Morgan fingerprint density at radius 2 is 1.94 bits per heavy atom. The first-order valence-corrected chi connectivity index (χ1v) is 14.6. The van der Waals surface area contributed by atoms with Gasteiger partial charge in [0.1, 0.15) is 0 Å². The molecule has 4 nitrogen and oxygen atoms in total. The number of fused-ring (bicyclic) bond motifs is 1. The normalized spacial score (nSPS) is 49.8. The van der Waals surface area contributed by atoms with Gasteiger partial charge in [-0.1, -0.05) is 13.8 Å². The van der Waals surface area contributed by atoms with Crippen molar-refractivity contribution >= 4 is 0 Å². The van der Waals surface area contributed by atoms with Gasteiger partial charge in [-0.2, -0.15) is 0 Å². The molecule has 4 aliphatic carbocycles. The molecular weight excluding hydrogens is 422 g/mol. The van der Waals surface area contributed by atoms with Gasteiger partial charge < -0.3 is 18.8 Å². The minimum atomic E-state index is 0.285. The van der Waals surface area contributed by atoms with Gasteiger partial charge >= 0.3 is 0 Å². The van der Waals surface area contributed by atoms with Crippen LogP contribution >= 0.6 is 0 Å². The van der Waals surface area contributed by atoms with Gasteiger partial charge in [-0.3, -0.25) is 0 Å². The average Bonchev–Trinajstić information content (AvgIpc) is 3.57. The van der Waals surface area contributed by atoms with Crippen LogP contribution in [-0.2, 0) is 9.47 Å². The molecule has 1 aromatic heterocycles. The lowest BCUT2D eigenvalue weighted by Gasteiger charge is -2.64. The van der Waals surface area contributed by atoms with E-state index in [0.717, 1.165) is 24.4 Å². The standard InChI is InChI=1S/C30H45NO3/c1-29-10-8-23-22-7-6-21-16-25(33-14-5-13-31-11-3-4-12-31)27(18-30(21,23)2)34-26(28(22)29)17-24(29)20-9-15-32-19-20/h9,15,19,21-28H,3-8,10-14,16-18H2,1-2H3/t21?,22-,23-,24?,25?,26?,27?,28-,29-,30+/m1/s1. The van der Waals surface area contributed by atoms with Crippen molar-refractivity contribution < 1.29 is 13.9 Å². The highest BCUT2D eigenvalue weighted by Gasteiger charge is 2.66. The van der Waals surface area contributed by atoms with Crippen molar-refractivity contribution in [3.05, 3.63) is 24.2 Å². The molecule has 0 spiro atoms. The van der Waals surface area contributed by atoms with E-state index in [9.17, 15) is 0 Å². The van der Waals surface area contributed by atoms with Crippen LogP contribution in [0.5, 0.6) is 0 Å². The Hall–Kier alpha value is -0.840. The van der Waals surface area contributed by atoms with E-state index in [1.165, 1.54) is 89.4 Å². The molecule has 0 amide bonds. The minimum absolute atomic E-state index is 0.285. The maximum Gasteiger partial charge on any atom is 0.0937 e. The van der Waals surface area contributed by atoms with Gasteiger partial charge in [0.25, 0.3) is 0 Å². The van der Waals surface area contributed by atoms with Crippen molar-refractivity contribution in [3.8, 4) is 0 Å². The molecule has 34 heavy (non-hydrogen) atoms. The fourth-order valence-electron chi connectivity index (χ4n) is 10.5. The van der Waals surface area contributed by atoms with Crippen molar-refractivity contribution in [3.63, 3.8) is 0 Å². The molecule has 0 aromatic carbocycles. The summed E-state index contributed by atoms with van der Waals surface area (Å²) in [5, 5.41) is 0. The second-order valence-corrected chi connectivity index (χ2v) is 13.4. The maximum atomic E-state index is 7.23. The van der Waals surface area contributed by atoms with Gasteiger partial charge in [-0.15, -0.1) is 0 Å². The van der Waals surface area contributed by atoms with Crippen LogP contribution in [0.3, 0.4) is 0 Å². The summed E-state index contributed by atoms with van der Waals surface area (Å²) in [6.45, 7) is 9.95. The Labute approximate surface area is 206 Å². The van der Waals surface area contributed by atoms with E-state index in [0.29, 0.717) is 34.9 Å². The Morgan fingerprint density at radius 1 is 1.06 bits per heavy atom. The topological polar surface area (TPSA) is 34.8 Å². The maximum absolute atomic E-state index is 7.23. The second kappa shape index (κ2) is 8.35. The Balaban J connectivity index is 1.14. The summed E-state index contributed by atoms with van der Waals surface area (Å²) in [6.07, 6.45) is 18.0. The molecule has 188 valence electrons. The lowest BCUT2D eigenvalue weighted by Crippen LogP contribution is -2.61. The monoisotopic (exact) mass is 467 g/mol. The summed E-state index contributed by atoms with van der Waals surface area (Å²) in [4.78, 5) is 2.62. The average molecular weight is 468 g/mol. The van der Waals surface area contributed by atoms with E-state index in [2.05, 4.69) is 24.8 Å². The number of nitrogens with zero attached hydrogens (tertiary/aromatic N) is 1. The number of hydrogen-bond donors (Lipinski definition) is 0. The SMILES string of the molecule is C[C@@]12CC3OC4CC(c5ccoc5)[C@@]5(C)CC[C@@H]1[C@@H](CCC2CC3OCCCN1CCCC1)[C@H]45. The summed E-state index contributed by atoms with van der Waals surface area (Å²) >= 11 is 0. The van der Waals surface area contributed by atoms with Gasteiger partial charge in [-0.25, -0.2) is 0 Å². The highest BCUT2D eigenvalue weighted by molar-refractivity contribution is 5.25. The first kappa shape index (κ1) is 22.4. The summed E-state index contributed by atoms with van der Waals surface area (Å²) in [6, 6.07) is 2.23. The quantitative estimate of drug-likeness (QED) is 0.462. The highest BCUT2D eigenvalue weighted by Crippen LogP contribution is 2.71. The van der Waals surface area contributed by atoms with Crippen LogP contribution in [0, 0.1) is 34.5 Å². The summed E-state index contributed by atoms with van der Waals surface area (Å²) in [5.41, 5.74) is 2.20. The van der Waals surface area contributed by atoms with E-state index in [4.69, 9.17) is 13.9 Å². The Kier molecular flexibility index (Phi) is 5.49. The van der Waals surface area contributed by atoms with E-state index in [1.807, 2.05) is 12.5 Å². The number of rotatable bonds is 6. The molecule has 2 aliphatic heterocycles. The molecular formula is C30H45NO3. The molecule has 2 saturated heterocycles. The smallest absolute Gasteiger partial charge is 0.0937 e. The zero-order valence-corrected chi connectivity index (χ0v) is 21.4. The second-order valence-electron chi connectivity index (χ2n) is 13.4. The van der Waals surface area contributed by atoms with Crippen LogP contribution in [0.2, 0.25) is 0 Å². The van der Waals surface area contributed by atoms with Crippen LogP contribution in [-0.4, -0.2) is 49.5 Å². The third-order valence-electron chi connectivity index (χ3n) is 12.0. The Bertz CT molecular complexity index is 864. The number of hydrogen-bond acceptors (Lipinski definition) is 4. The molecule has 0 radical (unpaired) electrons. The zero-order chi connectivity index (χ0) is 22.9. The number of furan rings is 1. The van der Waals surface area contributed by atoms with Crippen molar-refractivity contribution in [1.29, 1.82) is 0 Å². The van der Waals surface area contributed by atoms with Gasteiger partial charge in [0, 0.05) is 13.2 Å². The van der Waals surface area contributed by atoms with E-state index in [-0.39, 0.29) is 6.10 Å². The number of likely N-dealkylation sites (tertiary alicyclic amines) is 1. The first-order chi connectivity index (χ1) is 16.6. The lowest BCUT2D eigenvalue weighted by molar-refractivity contribution is -0.235. The van der Waals surface area contributed by atoms with Crippen LogP contribution in [0.1, 0.15) is 89.5 Å². The van der Waals surface area contributed by atoms with E-state index >= 15 is 0 Å². The van der Waals surface area contributed by atoms with Crippen molar-refractivity contribution in [1.82, 2.24) is 4.90 Å². The van der Waals surface area contributed by atoms with Crippen molar-refractivity contribution in [2.75, 3.05) is 26.2 Å². The molecule has 4 saturated carbocycles. The van der Waals surface area contributed by atoms with Crippen molar-refractivity contribution in [2.24, 2.45) is 34.5 Å². The van der Waals surface area contributed by atoms with Gasteiger partial charge in [-0.05, 0) is 129 Å². The molecule has 6 aliphatic rings. The van der Waals surface area contributed by atoms with Crippen molar-refractivity contribution in [2.45, 2.75) is 102 Å². The van der Waals surface area contributed by atoms with E-state index in [1.54, 1.807) is 0 Å². The molecule has 6 fully saturated rings. The van der Waals surface area contributed by atoms with Crippen LogP contribution in [0.15, 0.2) is 23.0 Å². The molecule has 3 heterocycles. The third-order valence-corrected chi connectivity index (χ3v) is 12.0. The summed E-state index contributed by atoms with van der Waals surface area (Å²) in [5.74, 6) is 3.83. The summed E-state index contributed by atoms with van der Waals surface area (Å²) < 4.78 is 19.5. The van der Waals surface area contributed by atoms with E-state index < -0.39 is 0 Å². The van der Waals surface area contributed by atoms with Gasteiger partial charge in [0.05, 0.1) is 30.8 Å². The largest absolute Gasteiger partial charge is 0.472 e. The molecule has 10 atom stereocenters. The molecule has 4 heteroatoms. The molecule has 5 bridgehead atoms. The molecule has 0 N–H and O–H groups in total. The molecule has 7 rings (SSSR count). The third kappa shape index (κ3) is 3.34. The van der Waals surface area contributed by atoms with Crippen LogP contribution < -0.4 is 0 Å². The fraction of sp³-hybridized carbons (Fsp3) is 0.867.